The highest BCUT2D eigenvalue weighted by molar-refractivity contribution is 9.10. The van der Waals surface area contributed by atoms with E-state index in [0.717, 1.165) is 49.2 Å². The number of nitrogens with one attached hydrogen (secondary N) is 3. The SMILES string of the molecule is Cc1nc(-c2ccc(Br)cn2)nc(NC[C@H](NC(=O)CCCN2CCNCC2)c2ccccc2)c1Cl. The quantitative estimate of drug-likeness (QED) is 0.335. The average molecular weight is 573 g/mol. The second kappa shape index (κ2) is 13.1. The van der Waals surface area contributed by atoms with Crippen LogP contribution in [0.2, 0.25) is 5.02 Å². The summed E-state index contributed by atoms with van der Waals surface area (Å²) < 4.78 is 0.879. The number of carbonyl (C=O) groups excluding carboxylic acids is 1. The first kappa shape index (κ1) is 26.5. The molecule has 0 spiro atoms. The molecular formula is C26H31BrClN7O. The highest BCUT2D eigenvalue weighted by Gasteiger charge is 2.18. The van der Waals surface area contributed by atoms with Gasteiger partial charge in [0.15, 0.2) is 5.82 Å². The number of aromatic nitrogens is 3. The second-order valence-corrected chi connectivity index (χ2v) is 10.1. The lowest BCUT2D eigenvalue weighted by molar-refractivity contribution is -0.121. The second-order valence-electron chi connectivity index (χ2n) is 8.76. The molecule has 1 atom stereocenters. The first-order valence-electron chi connectivity index (χ1n) is 12.2. The van der Waals surface area contributed by atoms with Crippen LogP contribution in [0.5, 0.6) is 0 Å². The number of pyridine rings is 1. The van der Waals surface area contributed by atoms with Crippen molar-refractivity contribution >= 4 is 39.3 Å². The normalized spacial score (nSPS) is 14.9. The van der Waals surface area contributed by atoms with E-state index in [-0.39, 0.29) is 11.9 Å². The maximum absolute atomic E-state index is 12.8. The molecule has 1 amide bonds. The van der Waals surface area contributed by atoms with Crippen LogP contribution in [0, 0.1) is 6.92 Å². The van der Waals surface area contributed by atoms with Crippen LogP contribution < -0.4 is 16.0 Å². The number of anilines is 1. The molecule has 0 unspecified atom stereocenters. The van der Waals surface area contributed by atoms with E-state index >= 15 is 0 Å². The van der Waals surface area contributed by atoms with Gasteiger partial charge in [0.1, 0.15) is 16.5 Å². The lowest BCUT2D eigenvalue weighted by atomic mass is 10.1. The summed E-state index contributed by atoms with van der Waals surface area (Å²) in [7, 11) is 0. The Morgan fingerprint density at radius 3 is 2.67 bits per heavy atom. The van der Waals surface area contributed by atoms with E-state index in [0.29, 0.717) is 41.0 Å². The zero-order chi connectivity index (χ0) is 25.3. The summed E-state index contributed by atoms with van der Waals surface area (Å²) in [5, 5.41) is 10.3. The minimum atomic E-state index is -0.238. The van der Waals surface area contributed by atoms with E-state index in [1.54, 1.807) is 6.20 Å². The molecule has 0 bridgehead atoms. The predicted molar refractivity (Wildman–Crippen MR) is 147 cm³/mol. The summed E-state index contributed by atoms with van der Waals surface area (Å²) in [5.74, 6) is 1.03. The number of aryl methyl sites for hydroxylation is 1. The Hall–Kier alpha value is -2.59. The van der Waals surface area contributed by atoms with Gasteiger partial charge in [-0.3, -0.25) is 9.78 Å². The minimum Gasteiger partial charge on any atom is -0.366 e. The largest absolute Gasteiger partial charge is 0.366 e. The number of hydrogen-bond acceptors (Lipinski definition) is 7. The first-order chi connectivity index (χ1) is 17.5. The third kappa shape index (κ3) is 7.46. The van der Waals surface area contributed by atoms with Gasteiger partial charge in [-0.15, -0.1) is 0 Å². The average Bonchev–Trinajstić information content (AvgIpc) is 2.90. The van der Waals surface area contributed by atoms with E-state index in [2.05, 4.69) is 51.7 Å². The number of amides is 1. The van der Waals surface area contributed by atoms with Crippen molar-refractivity contribution in [3.8, 4) is 11.5 Å². The van der Waals surface area contributed by atoms with Gasteiger partial charge in [0, 0.05) is 49.8 Å². The monoisotopic (exact) mass is 571 g/mol. The molecule has 1 fully saturated rings. The fourth-order valence-corrected chi connectivity index (χ4v) is 4.49. The summed E-state index contributed by atoms with van der Waals surface area (Å²) in [6.07, 6.45) is 3.03. The van der Waals surface area contributed by atoms with Gasteiger partial charge in [0.2, 0.25) is 5.91 Å². The van der Waals surface area contributed by atoms with E-state index in [4.69, 9.17) is 11.6 Å². The summed E-state index contributed by atoms with van der Waals surface area (Å²) >= 11 is 9.94. The number of piperazine rings is 1. The maximum Gasteiger partial charge on any atom is 0.220 e. The zero-order valence-electron chi connectivity index (χ0n) is 20.3. The van der Waals surface area contributed by atoms with Crippen LogP contribution in [0.3, 0.4) is 0 Å². The first-order valence-corrected chi connectivity index (χ1v) is 13.3. The fourth-order valence-electron chi connectivity index (χ4n) is 4.10. The van der Waals surface area contributed by atoms with Gasteiger partial charge in [-0.1, -0.05) is 41.9 Å². The van der Waals surface area contributed by atoms with Crippen LogP contribution in [-0.2, 0) is 4.79 Å². The Labute approximate surface area is 225 Å². The van der Waals surface area contributed by atoms with Gasteiger partial charge in [0.25, 0.3) is 0 Å². The number of halogens is 2. The summed E-state index contributed by atoms with van der Waals surface area (Å²) in [6.45, 7) is 7.30. The third-order valence-corrected chi connectivity index (χ3v) is 6.99. The highest BCUT2D eigenvalue weighted by atomic mass is 79.9. The van der Waals surface area contributed by atoms with Crippen molar-refractivity contribution in [2.24, 2.45) is 0 Å². The Morgan fingerprint density at radius 2 is 1.94 bits per heavy atom. The minimum absolute atomic E-state index is 0.0329. The van der Waals surface area contributed by atoms with Crippen molar-refractivity contribution in [3.05, 3.63) is 69.4 Å². The Bertz CT molecular complexity index is 1140. The molecule has 1 aliphatic heterocycles. The molecule has 10 heteroatoms. The van der Waals surface area contributed by atoms with Crippen LogP contribution in [0.15, 0.2) is 53.1 Å². The lowest BCUT2D eigenvalue weighted by Gasteiger charge is -2.27. The molecule has 0 aliphatic carbocycles. The van der Waals surface area contributed by atoms with Gasteiger partial charge >= 0.3 is 0 Å². The molecule has 2 aromatic heterocycles. The summed E-state index contributed by atoms with van der Waals surface area (Å²) in [6, 6.07) is 13.4. The highest BCUT2D eigenvalue weighted by Crippen LogP contribution is 2.27. The standard InChI is InChI=1S/C26H31BrClN7O/c1-18-24(28)26(34-25(32-18)21-10-9-20(27)16-30-21)31-17-22(19-6-3-2-4-7-19)33-23(36)8-5-13-35-14-11-29-12-15-35/h2-4,6-7,9-10,16,22,29H,5,8,11-15,17H2,1H3,(H,33,36)(H,31,32,34)/t22-/m0/s1. The Balaban J connectivity index is 1.42. The summed E-state index contributed by atoms with van der Waals surface area (Å²) in [5.41, 5.74) is 2.32. The number of rotatable bonds is 10. The van der Waals surface area contributed by atoms with Crippen LogP contribution in [0.1, 0.15) is 30.1 Å². The van der Waals surface area contributed by atoms with Crippen molar-refractivity contribution in [2.45, 2.75) is 25.8 Å². The molecule has 4 rings (SSSR count). The molecule has 0 radical (unpaired) electrons. The van der Waals surface area contributed by atoms with Gasteiger partial charge in [-0.2, -0.15) is 0 Å². The van der Waals surface area contributed by atoms with Crippen LogP contribution >= 0.6 is 27.5 Å². The van der Waals surface area contributed by atoms with E-state index in [1.807, 2.05) is 49.4 Å². The molecule has 1 aromatic carbocycles. The van der Waals surface area contributed by atoms with Crippen LogP contribution in [0.4, 0.5) is 5.82 Å². The Kier molecular flexibility index (Phi) is 9.63. The van der Waals surface area contributed by atoms with E-state index in [9.17, 15) is 4.79 Å². The van der Waals surface area contributed by atoms with Crippen LogP contribution in [0.25, 0.3) is 11.5 Å². The number of hydrogen-bond donors (Lipinski definition) is 3. The van der Waals surface area contributed by atoms with Crippen molar-refractivity contribution in [1.29, 1.82) is 0 Å². The molecular weight excluding hydrogens is 542 g/mol. The number of nitrogens with zero attached hydrogens (tertiary/aromatic N) is 4. The molecule has 3 heterocycles. The summed E-state index contributed by atoms with van der Waals surface area (Å²) in [4.78, 5) is 28.8. The van der Waals surface area contributed by atoms with Gasteiger partial charge in [0.05, 0.1) is 11.7 Å². The predicted octanol–water partition coefficient (Wildman–Crippen LogP) is 4.22. The van der Waals surface area contributed by atoms with E-state index < -0.39 is 0 Å². The number of carbonyl (C=O) groups is 1. The van der Waals surface area contributed by atoms with Gasteiger partial charge in [-0.25, -0.2) is 9.97 Å². The van der Waals surface area contributed by atoms with Crippen molar-refractivity contribution in [1.82, 2.24) is 30.5 Å². The van der Waals surface area contributed by atoms with Crippen molar-refractivity contribution < 1.29 is 4.79 Å². The smallest absolute Gasteiger partial charge is 0.220 e. The molecule has 1 aliphatic rings. The van der Waals surface area contributed by atoms with Crippen LogP contribution in [-0.4, -0.2) is 65.0 Å². The van der Waals surface area contributed by atoms with Gasteiger partial charge in [-0.05, 0) is 53.5 Å². The molecule has 1 saturated heterocycles. The van der Waals surface area contributed by atoms with Crippen molar-refractivity contribution in [2.75, 3.05) is 44.6 Å². The van der Waals surface area contributed by atoms with Crippen molar-refractivity contribution in [3.63, 3.8) is 0 Å². The zero-order valence-corrected chi connectivity index (χ0v) is 22.6. The molecule has 8 nitrogen and oxygen atoms in total. The molecule has 0 saturated carbocycles. The Morgan fingerprint density at radius 1 is 1.17 bits per heavy atom. The molecule has 3 aromatic rings. The molecule has 36 heavy (non-hydrogen) atoms. The van der Waals surface area contributed by atoms with E-state index in [1.165, 1.54) is 0 Å². The molecule has 3 N–H and O–H groups in total. The third-order valence-electron chi connectivity index (χ3n) is 6.07. The maximum atomic E-state index is 12.8. The molecule has 190 valence electrons. The lowest BCUT2D eigenvalue weighted by Crippen LogP contribution is -2.44. The van der Waals surface area contributed by atoms with Gasteiger partial charge < -0.3 is 20.9 Å². The fraction of sp³-hybridized carbons (Fsp3) is 0.385. The topological polar surface area (TPSA) is 95.1 Å². The number of benzene rings is 1.